The Kier molecular flexibility index (Phi) is 8.99. The van der Waals surface area contributed by atoms with Gasteiger partial charge in [-0.25, -0.2) is 4.39 Å². The second-order valence-corrected chi connectivity index (χ2v) is 9.71. The van der Waals surface area contributed by atoms with E-state index in [9.17, 15) is 14.0 Å². The van der Waals surface area contributed by atoms with Crippen LogP contribution in [0.15, 0.2) is 83.7 Å². The molecular formula is C33H32FN3O5. The summed E-state index contributed by atoms with van der Waals surface area (Å²) in [6.45, 7) is 2.19. The Labute approximate surface area is 242 Å². The second kappa shape index (κ2) is 13.2. The molecule has 0 radical (unpaired) electrons. The molecule has 0 aliphatic rings. The van der Waals surface area contributed by atoms with Gasteiger partial charge in [-0.2, -0.15) is 0 Å². The van der Waals surface area contributed by atoms with Crippen LogP contribution in [-0.4, -0.2) is 44.8 Å². The number of benzene rings is 4. The van der Waals surface area contributed by atoms with Crippen LogP contribution in [0.2, 0.25) is 0 Å². The van der Waals surface area contributed by atoms with Crippen LogP contribution in [0.25, 0.3) is 21.8 Å². The first-order valence-electron chi connectivity index (χ1n) is 13.7. The van der Waals surface area contributed by atoms with Gasteiger partial charge in [-0.3, -0.25) is 9.59 Å². The van der Waals surface area contributed by atoms with E-state index < -0.39 is 11.7 Å². The third kappa shape index (κ3) is 6.37. The third-order valence-corrected chi connectivity index (χ3v) is 6.98. The maximum atomic E-state index is 14.4. The van der Waals surface area contributed by atoms with E-state index in [-0.39, 0.29) is 27.4 Å². The van der Waals surface area contributed by atoms with Gasteiger partial charge in [0.15, 0.2) is 16.9 Å². The monoisotopic (exact) mass is 569 g/mol. The highest BCUT2D eigenvalue weighted by Crippen LogP contribution is 2.27. The van der Waals surface area contributed by atoms with Gasteiger partial charge in [0.05, 0.1) is 37.4 Å². The summed E-state index contributed by atoms with van der Waals surface area (Å²) in [4.78, 5) is 29.0. The van der Waals surface area contributed by atoms with E-state index in [0.29, 0.717) is 23.4 Å². The molecule has 0 spiro atoms. The van der Waals surface area contributed by atoms with Crippen molar-refractivity contribution in [2.45, 2.75) is 12.8 Å². The molecule has 1 heterocycles. The number of carbonyl (C=O) groups excluding carboxylic acids is 1. The highest BCUT2D eigenvalue weighted by Gasteiger charge is 2.15. The molecule has 3 N–H and O–H groups in total. The van der Waals surface area contributed by atoms with E-state index in [1.54, 1.807) is 62.8 Å². The minimum atomic E-state index is -0.553. The van der Waals surface area contributed by atoms with E-state index in [1.807, 2.05) is 18.2 Å². The lowest BCUT2D eigenvalue weighted by molar-refractivity contribution is 0.102. The molecule has 0 fully saturated rings. The van der Waals surface area contributed by atoms with Crippen molar-refractivity contribution in [3.63, 3.8) is 0 Å². The molecule has 1 amide bonds. The molecule has 5 rings (SSSR count). The lowest BCUT2D eigenvalue weighted by Crippen LogP contribution is -2.20. The first-order valence-corrected chi connectivity index (χ1v) is 13.7. The van der Waals surface area contributed by atoms with Gasteiger partial charge in [0.2, 0.25) is 0 Å². The number of aromatic nitrogens is 1. The number of methoxy groups -OCH3 is 2. The number of nitrogens with one attached hydrogen (secondary N) is 3. The molecule has 1 aromatic heterocycles. The molecule has 5 aromatic rings. The molecule has 0 unspecified atom stereocenters. The van der Waals surface area contributed by atoms with Crippen LogP contribution >= 0.6 is 0 Å². The fourth-order valence-electron chi connectivity index (χ4n) is 4.79. The Hall–Kier alpha value is -4.89. The van der Waals surface area contributed by atoms with Crippen molar-refractivity contribution in [2.75, 3.05) is 39.2 Å². The Bertz CT molecular complexity index is 1770. The average molecular weight is 570 g/mol. The summed E-state index contributed by atoms with van der Waals surface area (Å²) in [6.07, 6.45) is 1.70. The third-order valence-electron chi connectivity index (χ3n) is 6.98. The summed E-state index contributed by atoms with van der Waals surface area (Å²) in [7, 11) is 3.25. The Balaban J connectivity index is 1.11. The van der Waals surface area contributed by atoms with E-state index >= 15 is 0 Å². The van der Waals surface area contributed by atoms with E-state index in [2.05, 4.69) is 15.6 Å². The first-order chi connectivity index (χ1) is 20.5. The molecule has 0 saturated carbocycles. The van der Waals surface area contributed by atoms with E-state index in [0.717, 1.165) is 37.4 Å². The van der Waals surface area contributed by atoms with Crippen LogP contribution in [0, 0.1) is 5.82 Å². The van der Waals surface area contributed by atoms with Gasteiger partial charge < -0.3 is 29.8 Å². The number of pyridine rings is 1. The smallest absolute Gasteiger partial charge is 0.257 e. The van der Waals surface area contributed by atoms with Crippen molar-refractivity contribution in [3.8, 4) is 17.2 Å². The van der Waals surface area contributed by atoms with Crippen LogP contribution < -0.4 is 30.3 Å². The highest BCUT2D eigenvalue weighted by atomic mass is 19.1. The number of para-hydroxylation sites is 2. The summed E-state index contributed by atoms with van der Waals surface area (Å²) >= 11 is 0. The van der Waals surface area contributed by atoms with Gasteiger partial charge >= 0.3 is 0 Å². The standard InChI is InChI=1S/C33H32FN3O5/c1-40-28-15-10-21(20-29(28)41-2)16-18-35-17-5-19-42-23-13-11-22(12-14-23)36-33(39)26-8-3-6-24-30(26)37-31-25(32(24)38)7-4-9-27(31)34/h3-4,6-15,20,35H,5,16-19H2,1-2H3,(H,36,39)(H,37,38). The molecule has 0 atom stereocenters. The van der Waals surface area contributed by atoms with Crippen molar-refractivity contribution in [1.82, 2.24) is 10.3 Å². The number of carbonyl (C=O) groups is 1. The number of aromatic amines is 1. The van der Waals surface area contributed by atoms with E-state index in [4.69, 9.17) is 14.2 Å². The average Bonchev–Trinajstić information content (AvgIpc) is 3.01. The van der Waals surface area contributed by atoms with Crippen LogP contribution in [0.5, 0.6) is 17.2 Å². The van der Waals surface area contributed by atoms with Crippen LogP contribution in [0.3, 0.4) is 0 Å². The summed E-state index contributed by atoms with van der Waals surface area (Å²) < 4.78 is 30.9. The lowest BCUT2D eigenvalue weighted by Gasteiger charge is -2.11. The molecule has 4 aromatic carbocycles. The number of ether oxygens (including phenoxy) is 3. The van der Waals surface area contributed by atoms with Gasteiger partial charge in [-0.1, -0.05) is 18.2 Å². The molecular weight excluding hydrogens is 537 g/mol. The van der Waals surface area contributed by atoms with Crippen molar-refractivity contribution < 1.29 is 23.4 Å². The van der Waals surface area contributed by atoms with Crippen LogP contribution in [0.4, 0.5) is 10.1 Å². The Morgan fingerprint density at radius 2 is 1.60 bits per heavy atom. The molecule has 0 bridgehead atoms. The van der Waals surface area contributed by atoms with Gasteiger partial charge in [0.25, 0.3) is 5.91 Å². The Morgan fingerprint density at radius 1 is 0.857 bits per heavy atom. The summed E-state index contributed by atoms with van der Waals surface area (Å²) in [5, 5.41) is 6.82. The summed E-state index contributed by atoms with van der Waals surface area (Å²) in [5.74, 6) is 1.16. The van der Waals surface area contributed by atoms with Crippen molar-refractivity contribution in [2.24, 2.45) is 0 Å². The maximum absolute atomic E-state index is 14.4. The minimum Gasteiger partial charge on any atom is -0.494 e. The maximum Gasteiger partial charge on any atom is 0.257 e. The zero-order valence-electron chi connectivity index (χ0n) is 23.5. The van der Waals surface area contributed by atoms with Crippen molar-refractivity contribution >= 4 is 33.4 Å². The van der Waals surface area contributed by atoms with Gasteiger partial charge in [-0.05, 0) is 92.2 Å². The molecule has 9 heteroatoms. The zero-order valence-corrected chi connectivity index (χ0v) is 23.5. The summed E-state index contributed by atoms with van der Waals surface area (Å²) in [6, 6.07) is 22.2. The van der Waals surface area contributed by atoms with Crippen LogP contribution in [0.1, 0.15) is 22.3 Å². The van der Waals surface area contributed by atoms with E-state index in [1.165, 1.54) is 17.7 Å². The van der Waals surface area contributed by atoms with Crippen LogP contribution in [-0.2, 0) is 6.42 Å². The number of hydrogen-bond acceptors (Lipinski definition) is 6. The Morgan fingerprint density at radius 3 is 2.36 bits per heavy atom. The molecule has 8 nitrogen and oxygen atoms in total. The van der Waals surface area contributed by atoms with Gasteiger partial charge in [0, 0.05) is 16.5 Å². The number of amides is 1. The topological polar surface area (TPSA) is 102 Å². The predicted molar refractivity (Wildman–Crippen MR) is 163 cm³/mol. The SMILES string of the molecule is COc1ccc(CCNCCCOc2ccc(NC(=O)c3cccc4c(=O)c5cccc(F)c5[nH]c34)cc2)cc1OC. The van der Waals surface area contributed by atoms with Gasteiger partial charge in [-0.15, -0.1) is 0 Å². The molecule has 0 aliphatic carbocycles. The fraction of sp³-hybridized carbons (Fsp3) is 0.212. The second-order valence-electron chi connectivity index (χ2n) is 9.71. The number of fused-ring (bicyclic) bond motifs is 2. The number of hydrogen-bond donors (Lipinski definition) is 3. The first kappa shape index (κ1) is 28.6. The lowest BCUT2D eigenvalue weighted by atomic mass is 10.1. The number of anilines is 1. The van der Waals surface area contributed by atoms with Gasteiger partial charge in [0.1, 0.15) is 11.6 Å². The number of H-pyrrole nitrogens is 1. The predicted octanol–water partition coefficient (Wildman–Crippen LogP) is 5.69. The van der Waals surface area contributed by atoms with Crippen molar-refractivity contribution in [3.05, 3.63) is 106 Å². The van der Waals surface area contributed by atoms with Crippen molar-refractivity contribution in [1.29, 1.82) is 0 Å². The highest BCUT2D eigenvalue weighted by molar-refractivity contribution is 6.13. The molecule has 216 valence electrons. The normalized spacial score (nSPS) is 11.0. The fourth-order valence-corrected chi connectivity index (χ4v) is 4.79. The molecule has 0 aliphatic heterocycles. The minimum absolute atomic E-state index is 0.0739. The quantitative estimate of drug-likeness (QED) is 0.132. The zero-order chi connectivity index (χ0) is 29.5. The largest absolute Gasteiger partial charge is 0.494 e. The molecule has 42 heavy (non-hydrogen) atoms. The summed E-state index contributed by atoms with van der Waals surface area (Å²) in [5.41, 5.74) is 2.01. The molecule has 0 saturated heterocycles. The number of halogens is 1. The number of rotatable bonds is 12.